The van der Waals surface area contributed by atoms with Crippen LogP contribution in [0.5, 0.6) is 0 Å². The first-order valence-electron chi connectivity index (χ1n) is 6.04. The summed E-state index contributed by atoms with van der Waals surface area (Å²) in [6.07, 6.45) is 1.05. The number of pyridine rings is 1. The predicted octanol–water partition coefficient (Wildman–Crippen LogP) is 2.38. The molecule has 5 heteroatoms. The quantitative estimate of drug-likeness (QED) is 0.742. The maximum absolute atomic E-state index is 8.93. The number of anilines is 1. The van der Waals surface area contributed by atoms with E-state index >= 15 is 0 Å². The van der Waals surface area contributed by atoms with Gasteiger partial charge in [-0.2, -0.15) is 5.26 Å². The van der Waals surface area contributed by atoms with E-state index in [0.29, 0.717) is 10.7 Å². The van der Waals surface area contributed by atoms with Crippen molar-refractivity contribution in [2.24, 2.45) is 0 Å². The molecule has 0 aliphatic rings. The molecule has 0 saturated carbocycles. The summed E-state index contributed by atoms with van der Waals surface area (Å²) in [5, 5.41) is 9.30. The molecule has 0 aliphatic heterocycles. The van der Waals surface area contributed by atoms with Crippen LogP contribution < -0.4 is 4.90 Å². The molecule has 0 radical (unpaired) electrons. The van der Waals surface area contributed by atoms with Gasteiger partial charge in [0.25, 0.3) is 0 Å². The predicted molar refractivity (Wildman–Crippen MR) is 75.0 cm³/mol. The molecule has 1 aromatic rings. The molecule has 0 aliphatic carbocycles. The fourth-order valence-electron chi connectivity index (χ4n) is 1.72. The van der Waals surface area contributed by atoms with Crippen LogP contribution in [-0.2, 0) is 0 Å². The number of hydrogen-bond acceptors (Lipinski definition) is 4. The number of aromatic nitrogens is 1. The highest BCUT2D eigenvalue weighted by Crippen LogP contribution is 2.17. The molecule has 0 aromatic carbocycles. The van der Waals surface area contributed by atoms with Crippen molar-refractivity contribution in [3.05, 3.63) is 22.8 Å². The first-order chi connectivity index (χ1) is 8.56. The van der Waals surface area contributed by atoms with E-state index in [1.165, 1.54) is 0 Å². The zero-order valence-electron chi connectivity index (χ0n) is 11.1. The van der Waals surface area contributed by atoms with E-state index in [4.69, 9.17) is 16.9 Å². The Balaban J connectivity index is 2.75. The van der Waals surface area contributed by atoms with Gasteiger partial charge in [0.05, 0.1) is 11.6 Å². The van der Waals surface area contributed by atoms with Gasteiger partial charge in [-0.3, -0.25) is 0 Å². The van der Waals surface area contributed by atoms with Crippen molar-refractivity contribution in [1.82, 2.24) is 9.88 Å². The maximum atomic E-state index is 8.93. The maximum Gasteiger partial charge on any atom is 0.132 e. The highest BCUT2D eigenvalue weighted by atomic mass is 35.5. The average Bonchev–Trinajstić information content (AvgIpc) is 2.33. The molecular weight excluding hydrogens is 248 g/mol. The zero-order valence-corrected chi connectivity index (χ0v) is 11.9. The Kier molecular flexibility index (Phi) is 5.90. The van der Waals surface area contributed by atoms with Crippen molar-refractivity contribution >= 4 is 17.4 Å². The van der Waals surface area contributed by atoms with Gasteiger partial charge < -0.3 is 9.80 Å². The molecule has 98 valence electrons. The number of rotatable bonds is 6. The molecule has 1 rings (SSSR count). The molecule has 0 bridgehead atoms. The van der Waals surface area contributed by atoms with Crippen LogP contribution in [0.1, 0.15) is 18.9 Å². The third kappa shape index (κ3) is 4.52. The van der Waals surface area contributed by atoms with Gasteiger partial charge >= 0.3 is 0 Å². The topological polar surface area (TPSA) is 43.2 Å². The summed E-state index contributed by atoms with van der Waals surface area (Å²) in [7, 11) is 4.11. The standard InChI is InChI=1S/C13H19ClN4/c1-4-18(7-5-6-17(2)3)13-9-11(10-15)8-12(14)16-13/h8-9H,4-7H2,1-3H3. The van der Waals surface area contributed by atoms with E-state index < -0.39 is 0 Å². The van der Waals surface area contributed by atoms with Crippen molar-refractivity contribution < 1.29 is 0 Å². The summed E-state index contributed by atoms with van der Waals surface area (Å²) in [5.41, 5.74) is 0.552. The largest absolute Gasteiger partial charge is 0.357 e. The second kappa shape index (κ2) is 7.20. The van der Waals surface area contributed by atoms with Crippen molar-refractivity contribution in [2.45, 2.75) is 13.3 Å². The Bertz CT molecular complexity index is 425. The Morgan fingerprint density at radius 1 is 1.33 bits per heavy atom. The SMILES string of the molecule is CCN(CCCN(C)C)c1cc(C#N)cc(Cl)n1. The summed E-state index contributed by atoms with van der Waals surface area (Å²) in [4.78, 5) is 8.57. The van der Waals surface area contributed by atoms with Crippen LogP contribution in [0.3, 0.4) is 0 Å². The summed E-state index contributed by atoms with van der Waals surface area (Å²) >= 11 is 5.92. The van der Waals surface area contributed by atoms with Gasteiger partial charge in [-0.1, -0.05) is 11.6 Å². The zero-order chi connectivity index (χ0) is 13.5. The minimum Gasteiger partial charge on any atom is -0.357 e. The van der Waals surface area contributed by atoms with Gasteiger partial charge in [0.2, 0.25) is 0 Å². The molecule has 0 saturated heterocycles. The van der Waals surface area contributed by atoms with Crippen molar-refractivity contribution in [1.29, 1.82) is 5.26 Å². The van der Waals surface area contributed by atoms with E-state index in [1.807, 2.05) is 0 Å². The van der Waals surface area contributed by atoms with Crippen LogP contribution in [-0.4, -0.2) is 43.6 Å². The van der Waals surface area contributed by atoms with Crippen LogP contribution >= 0.6 is 11.6 Å². The molecule has 0 unspecified atom stereocenters. The van der Waals surface area contributed by atoms with Crippen LogP contribution in [0.15, 0.2) is 12.1 Å². The molecule has 0 amide bonds. The summed E-state index contributed by atoms with van der Waals surface area (Å²) in [6.45, 7) is 4.87. The van der Waals surface area contributed by atoms with Crippen LogP contribution in [0.4, 0.5) is 5.82 Å². The van der Waals surface area contributed by atoms with Crippen LogP contribution in [0.25, 0.3) is 0 Å². The Morgan fingerprint density at radius 2 is 2.06 bits per heavy atom. The third-order valence-corrected chi connectivity index (χ3v) is 2.84. The molecule has 0 fully saturated rings. The lowest BCUT2D eigenvalue weighted by Gasteiger charge is -2.23. The number of nitriles is 1. The minimum absolute atomic E-state index is 0.370. The number of hydrogen-bond donors (Lipinski definition) is 0. The van der Waals surface area contributed by atoms with Crippen molar-refractivity contribution in [2.75, 3.05) is 38.6 Å². The lowest BCUT2D eigenvalue weighted by Crippen LogP contribution is -2.27. The van der Waals surface area contributed by atoms with Gasteiger partial charge in [-0.05, 0) is 46.1 Å². The van der Waals surface area contributed by atoms with Gasteiger partial charge in [0.1, 0.15) is 11.0 Å². The molecule has 1 aromatic heterocycles. The number of halogens is 1. The minimum atomic E-state index is 0.370. The van der Waals surface area contributed by atoms with Gasteiger partial charge in [-0.15, -0.1) is 0 Å². The van der Waals surface area contributed by atoms with Gasteiger partial charge in [0, 0.05) is 13.1 Å². The van der Waals surface area contributed by atoms with E-state index in [9.17, 15) is 0 Å². The molecule has 1 heterocycles. The third-order valence-electron chi connectivity index (χ3n) is 2.65. The van der Waals surface area contributed by atoms with Gasteiger partial charge in [0.15, 0.2) is 0 Å². The van der Waals surface area contributed by atoms with E-state index in [-0.39, 0.29) is 0 Å². The van der Waals surface area contributed by atoms with E-state index in [2.05, 4.69) is 41.9 Å². The van der Waals surface area contributed by atoms with E-state index in [0.717, 1.165) is 31.9 Å². The smallest absolute Gasteiger partial charge is 0.132 e. The van der Waals surface area contributed by atoms with Crippen molar-refractivity contribution in [3.8, 4) is 6.07 Å². The lowest BCUT2D eigenvalue weighted by molar-refractivity contribution is 0.400. The highest BCUT2D eigenvalue weighted by Gasteiger charge is 2.08. The molecule has 18 heavy (non-hydrogen) atoms. The monoisotopic (exact) mass is 266 g/mol. The van der Waals surface area contributed by atoms with E-state index in [1.54, 1.807) is 12.1 Å². The normalized spacial score (nSPS) is 10.4. The second-order valence-electron chi connectivity index (χ2n) is 4.39. The molecular formula is C13H19ClN4. The molecule has 0 atom stereocenters. The summed E-state index contributed by atoms with van der Waals surface area (Å²) in [5.74, 6) is 0.778. The second-order valence-corrected chi connectivity index (χ2v) is 4.77. The van der Waals surface area contributed by atoms with Crippen LogP contribution in [0.2, 0.25) is 5.15 Å². The Hall–Kier alpha value is -1.31. The Morgan fingerprint density at radius 3 is 2.61 bits per heavy atom. The highest BCUT2D eigenvalue weighted by molar-refractivity contribution is 6.29. The molecule has 0 spiro atoms. The van der Waals surface area contributed by atoms with Gasteiger partial charge in [-0.25, -0.2) is 4.98 Å². The Labute approximate surface area is 114 Å². The summed E-state index contributed by atoms with van der Waals surface area (Å²) < 4.78 is 0. The van der Waals surface area contributed by atoms with Crippen LogP contribution in [0, 0.1) is 11.3 Å². The lowest BCUT2D eigenvalue weighted by atomic mass is 10.2. The molecule has 0 N–H and O–H groups in total. The first-order valence-corrected chi connectivity index (χ1v) is 6.42. The average molecular weight is 267 g/mol. The number of nitrogens with zero attached hydrogens (tertiary/aromatic N) is 4. The summed E-state index contributed by atoms with van der Waals surface area (Å²) in [6, 6.07) is 5.47. The first kappa shape index (κ1) is 14.7. The fourth-order valence-corrected chi connectivity index (χ4v) is 1.93. The fraction of sp³-hybridized carbons (Fsp3) is 0.538. The van der Waals surface area contributed by atoms with Crippen molar-refractivity contribution in [3.63, 3.8) is 0 Å². The molecule has 4 nitrogen and oxygen atoms in total.